The maximum atomic E-state index is 12.0. The Kier molecular flexibility index (Phi) is 5.87. The zero-order valence-electron chi connectivity index (χ0n) is 12.0. The van der Waals surface area contributed by atoms with Crippen LogP contribution in [0.5, 0.6) is 5.75 Å². The minimum absolute atomic E-state index is 0.0414. The lowest BCUT2D eigenvalue weighted by molar-refractivity contribution is -0.117. The molecule has 0 saturated heterocycles. The second kappa shape index (κ2) is 8.09. The Morgan fingerprint density at radius 3 is 2.61 bits per heavy atom. The topological polar surface area (TPSA) is 71.7 Å². The van der Waals surface area contributed by atoms with Crippen LogP contribution in [0.3, 0.4) is 0 Å². The zero-order chi connectivity index (χ0) is 16.7. The number of rotatable bonds is 7. The normalized spacial score (nSPS) is 12.5. The number of benzene rings is 1. The Morgan fingerprint density at radius 2 is 2.04 bits per heavy atom. The summed E-state index contributed by atoms with van der Waals surface area (Å²) in [6.45, 7) is -3.17. The molecule has 0 radical (unpaired) electrons. The van der Waals surface area contributed by atoms with E-state index < -0.39 is 18.6 Å². The van der Waals surface area contributed by atoms with E-state index in [1.54, 1.807) is 12.1 Å². The number of halogens is 2. The van der Waals surface area contributed by atoms with Crippen LogP contribution in [0.4, 0.5) is 8.78 Å². The molecule has 23 heavy (non-hydrogen) atoms. The second-order valence-corrected chi connectivity index (χ2v) is 4.54. The predicted molar refractivity (Wildman–Crippen MR) is 78.8 cm³/mol. The summed E-state index contributed by atoms with van der Waals surface area (Å²) < 4.78 is 33.4. The molecule has 2 rings (SSSR count). The quantitative estimate of drug-likeness (QED) is 0.769. The van der Waals surface area contributed by atoms with Gasteiger partial charge >= 0.3 is 6.61 Å². The lowest BCUT2D eigenvalue weighted by Gasteiger charge is -2.12. The van der Waals surface area contributed by atoms with Crippen molar-refractivity contribution in [3.05, 3.63) is 60.1 Å². The van der Waals surface area contributed by atoms with Crippen LogP contribution < -0.4 is 10.1 Å². The Bertz CT molecular complexity index is 639. The number of carbonyl (C=O) groups excluding carboxylic acids is 1. The fourth-order valence-corrected chi connectivity index (χ4v) is 1.85. The van der Waals surface area contributed by atoms with E-state index in [4.69, 9.17) is 4.42 Å². The van der Waals surface area contributed by atoms with Crippen LogP contribution >= 0.6 is 0 Å². The highest BCUT2D eigenvalue weighted by molar-refractivity contribution is 5.91. The van der Waals surface area contributed by atoms with Crippen LogP contribution in [-0.2, 0) is 4.79 Å². The van der Waals surface area contributed by atoms with Gasteiger partial charge in [0.2, 0.25) is 5.91 Å². The Labute approximate surface area is 131 Å². The first-order valence-corrected chi connectivity index (χ1v) is 6.76. The number of hydrogen-bond acceptors (Lipinski definition) is 4. The molecule has 1 heterocycles. The van der Waals surface area contributed by atoms with E-state index >= 15 is 0 Å². The number of ether oxygens (including phenoxy) is 1. The number of amides is 1. The van der Waals surface area contributed by atoms with Crippen molar-refractivity contribution in [1.29, 1.82) is 0 Å². The van der Waals surface area contributed by atoms with E-state index in [2.05, 4.69) is 10.1 Å². The summed E-state index contributed by atoms with van der Waals surface area (Å²) in [5.41, 5.74) is 0.639. The highest BCUT2D eigenvalue weighted by atomic mass is 19.3. The third-order valence-electron chi connectivity index (χ3n) is 2.92. The van der Waals surface area contributed by atoms with Gasteiger partial charge in [-0.05, 0) is 35.9 Å². The third-order valence-corrected chi connectivity index (χ3v) is 2.92. The molecule has 2 N–H and O–H groups in total. The van der Waals surface area contributed by atoms with Crippen LogP contribution in [-0.4, -0.2) is 24.2 Å². The molecule has 0 fully saturated rings. The number of nitrogens with one attached hydrogen (secondary N) is 1. The fourth-order valence-electron chi connectivity index (χ4n) is 1.85. The monoisotopic (exact) mass is 323 g/mol. The van der Waals surface area contributed by atoms with Crippen molar-refractivity contribution < 1.29 is 27.8 Å². The van der Waals surface area contributed by atoms with Gasteiger partial charge in [-0.25, -0.2) is 0 Å². The predicted octanol–water partition coefficient (Wildman–Crippen LogP) is 2.74. The van der Waals surface area contributed by atoms with Crippen molar-refractivity contribution in [2.75, 3.05) is 6.61 Å². The lowest BCUT2D eigenvalue weighted by atomic mass is 10.2. The number of carbonyl (C=O) groups is 1. The van der Waals surface area contributed by atoms with E-state index in [9.17, 15) is 18.7 Å². The van der Waals surface area contributed by atoms with Crippen LogP contribution in [0.1, 0.15) is 17.4 Å². The molecule has 0 saturated carbocycles. The Balaban J connectivity index is 1.92. The number of furan rings is 1. The Hall–Kier alpha value is -2.67. The maximum absolute atomic E-state index is 12.0. The van der Waals surface area contributed by atoms with Crippen molar-refractivity contribution in [2.24, 2.45) is 0 Å². The highest BCUT2D eigenvalue weighted by Crippen LogP contribution is 2.16. The van der Waals surface area contributed by atoms with E-state index in [0.717, 1.165) is 0 Å². The molecule has 1 aromatic heterocycles. The molecule has 0 spiro atoms. The average molecular weight is 323 g/mol. The fraction of sp³-hybridized carbons (Fsp3) is 0.188. The van der Waals surface area contributed by atoms with Crippen LogP contribution in [0, 0.1) is 0 Å². The minimum Gasteiger partial charge on any atom is -0.467 e. The SMILES string of the molecule is O=C(/C=C/c1ccc(OC(F)F)cc1)NC(CO)c1ccco1. The highest BCUT2D eigenvalue weighted by Gasteiger charge is 2.14. The molecule has 1 unspecified atom stereocenters. The first kappa shape index (κ1) is 16.7. The van der Waals surface area contributed by atoms with E-state index in [1.165, 1.54) is 42.7 Å². The first-order valence-electron chi connectivity index (χ1n) is 6.76. The van der Waals surface area contributed by atoms with Crippen molar-refractivity contribution in [3.8, 4) is 5.75 Å². The van der Waals surface area contributed by atoms with Gasteiger partial charge in [-0.2, -0.15) is 8.78 Å². The molecule has 1 amide bonds. The van der Waals surface area contributed by atoms with Crippen molar-refractivity contribution in [2.45, 2.75) is 12.7 Å². The molecular formula is C16H15F2NO4. The van der Waals surface area contributed by atoms with E-state index in [-0.39, 0.29) is 12.4 Å². The van der Waals surface area contributed by atoms with Gasteiger partial charge in [0.05, 0.1) is 12.9 Å². The van der Waals surface area contributed by atoms with Gasteiger partial charge in [-0.15, -0.1) is 0 Å². The smallest absolute Gasteiger partial charge is 0.387 e. The van der Waals surface area contributed by atoms with Gasteiger partial charge in [0, 0.05) is 6.08 Å². The van der Waals surface area contributed by atoms with Crippen molar-refractivity contribution in [1.82, 2.24) is 5.32 Å². The van der Waals surface area contributed by atoms with E-state index in [1.807, 2.05) is 0 Å². The molecule has 122 valence electrons. The van der Waals surface area contributed by atoms with Crippen molar-refractivity contribution in [3.63, 3.8) is 0 Å². The molecule has 0 aliphatic heterocycles. The molecule has 5 nitrogen and oxygen atoms in total. The summed E-state index contributed by atoms with van der Waals surface area (Å²) in [6.07, 6.45) is 4.23. The lowest BCUT2D eigenvalue weighted by Crippen LogP contribution is -2.28. The standard InChI is InChI=1S/C16H15F2NO4/c17-16(18)23-12-6-3-11(4-7-12)5-8-15(21)19-13(10-20)14-2-1-9-22-14/h1-9,13,16,20H,10H2,(H,19,21)/b8-5+. The number of aliphatic hydroxyl groups is 1. The molecule has 2 aromatic rings. The van der Waals surface area contributed by atoms with Gasteiger partial charge < -0.3 is 19.6 Å². The number of alkyl halides is 2. The summed E-state index contributed by atoms with van der Waals surface area (Å²) >= 11 is 0. The maximum Gasteiger partial charge on any atom is 0.387 e. The van der Waals surface area contributed by atoms with Gasteiger partial charge in [0.1, 0.15) is 17.6 Å². The molecule has 0 aliphatic carbocycles. The minimum atomic E-state index is -2.88. The number of hydrogen-bond donors (Lipinski definition) is 2. The van der Waals surface area contributed by atoms with Crippen LogP contribution in [0.15, 0.2) is 53.2 Å². The summed E-state index contributed by atoms with van der Waals surface area (Å²) in [5, 5.41) is 11.8. The molecule has 1 aromatic carbocycles. The largest absolute Gasteiger partial charge is 0.467 e. The molecule has 1 atom stereocenters. The van der Waals surface area contributed by atoms with Gasteiger partial charge in [0.15, 0.2) is 0 Å². The van der Waals surface area contributed by atoms with Crippen LogP contribution in [0.2, 0.25) is 0 Å². The summed E-state index contributed by atoms with van der Waals surface area (Å²) in [6, 6.07) is 8.50. The Morgan fingerprint density at radius 1 is 1.30 bits per heavy atom. The number of aliphatic hydroxyl groups excluding tert-OH is 1. The zero-order valence-corrected chi connectivity index (χ0v) is 12.0. The van der Waals surface area contributed by atoms with Gasteiger partial charge in [0.25, 0.3) is 0 Å². The van der Waals surface area contributed by atoms with E-state index in [0.29, 0.717) is 11.3 Å². The van der Waals surface area contributed by atoms with Crippen molar-refractivity contribution >= 4 is 12.0 Å². The first-order chi connectivity index (χ1) is 11.1. The molecule has 0 aliphatic rings. The second-order valence-electron chi connectivity index (χ2n) is 4.54. The molecular weight excluding hydrogens is 308 g/mol. The molecule has 0 bridgehead atoms. The third kappa shape index (κ3) is 5.23. The average Bonchev–Trinajstić information content (AvgIpc) is 3.05. The van der Waals surface area contributed by atoms with Gasteiger partial charge in [-0.3, -0.25) is 4.79 Å². The van der Waals surface area contributed by atoms with Gasteiger partial charge in [-0.1, -0.05) is 12.1 Å². The summed E-state index contributed by atoms with van der Waals surface area (Å²) in [4.78, 5) is 11.8. The van der Waals surface area contributed by atoms with Crippen LogP contribution in [0.25, 0.3) is 6.08 Å². The summed E-state index contributed by atoms with van der Waals surface area (Å²) in [5.74, 6) is 0.0656. The summed E-state index contributed by atoms with van der Waals surface area (Å²) in [7, 11) is 0. The molecule has 7 heteroatoms.